The Labute approximate surface area is 335 Å². The van der Waals surface area contributed by atoms with Crippen LogP contribution in [0.15, 0.2) is 180 Å². The van der Waals surface area contributed by atoms with Crippen LogP contribution in [0.5, 0.6) is 0 Å². The lowest BCUT2D eigenvalue weighted by Gasteiger charge is -2.11. The van der Waals surface area contributed by atoms with Gasteiger partial charge >= 0.3 is 0 Å². The molecule has 0 atom stereocenters. The summed E-state index contributed by atoms with van der Waals surface area (Å²) in [6.07, 6.45) is 0. The van der Waals surface area contributed by atoms with Gasteiger partial charge in [0.2, 0.25) is 0 Å². The second-order valence-corrected chi connectivity index (χ2v) is 16.5. The minimum Gasteiger partial charge on any atom is -0.455 e. The Morgan fingerprint density at radius 1 is 0.333 bits per heavy atom. The van der Waals surface area contributed by atoms with Crippen LogP contribution in [0, 0.1) is 0 Å². The topological polar surface area (TPSA) is 51.8 Å². The number of benzene rings is 8. The maximum absolute atomic E-state index is 6.87. The van der Waals surface area contributed by atoms with E-state index in [-0.39, 0.29) is 0 Å². The first-order valence-corrected chi connectivity index (χ1v) is 20.6. The molecule has 12 rings (SSSR count). The van der Waals surface area contributed by atoms with Crippen molar-refractivity contribution in [2.45, 2.75) is 0 Å². The van der Waals surface area contributed by atoms with E-state index in [1.54, 1.807) is 0 Å². The Kier molecular flexibility index (Phi) is 7.24. The number of rotatable bonds is 5. The maximum atomic E-state index is 6.87. The quantitative estimate of drug-likeness (QED) is 0.175. The van der Waals surface area contributed by atoms with Gasteiger partial charge in [0.1, 0.15) is 11.2 Å². The predicted molar refractivity (Wildman–Crippen MR) is 240 cm³/mol. The Balaban J connectivity index is 1.09. The molecule has 57 heavy (non-hydrogen) atoms. The SMILES string of the molecule is c1ccc(-c2nc(-c3ccccc3)nc(-c3cccc4c3oc3cccc(-c5cc(-c6ccc7c(c6)sc6ccccc67)cc6sc7ccccc7c56)c34)n2)cc1. The zero-order valence-electron chi connectivity index (χ0n) is 30.3. The summed E-state index contributed by atoms with van der Waals surface area (Å²) in [6.45, 7) is 0. The van der Waals surface area contributed by atoms with Crippen molar-refractivity contribution in [3.8, 4) is 56.4 Å². The molecule has 8 aromatic carbocycles. The molecular formula is C51H29N3OS2. The first kappa shape index (κ1) is 32.3. The second kappa shape index (κ2) is 12.8. The van der Waals surface area contributed by atoms with Gasteiger partial charge < -0.3 is 4.42 Å². The van der Waals surface area contributed by atoms with Crippen LogP contribution in [0.3, 0.4) is 0 Å². The predicted octanol–water partition coefficient (Wildman–Crippen LogP) is 14.8. The summed E-state index contributed by atoms with van der Waals surface area (Å²) in [4.78, 5) is 15.1. The fourth-order valence-electron chi connectivity index (χ4n) is 8.32. The van der Waals surface area contributed by atoms with E-state index in [1.165, 1.54) is 57.0 Å². The van der Waals surface area contributed by atoms with E-state index in [0.717, 1.165) is 44.2 Å². The second-order valence-electron chi connectivity index (χ2n) is 14.3. The Morgan fingerprint density at radius 3 is 1.68 bits per heavy atom. The van der Waals surface area contributed by atoms with Gasteiger partial charge in [-0.1, -0.05) is 133 Å². The summed E-state index contributed by atoms with van der Waals surface area (Å²) >= 11 is 3.71. The molecule has 4 aromatic heterocycles. The average molecular weight is 764 g/mol. The van der Waals surface area contributed by atoms with E-state index in [9.17, 15) is 0 Å². The van der Waals surface area contributed by atoms with E-state index >= 15 is 0 Å². The van der Waals surface area contributed by atoms with E-state index in [0.29, 0.717) is 17.5 Å². The van der Waals surface area contributed by atoms with Crippen LogP contribution in [-0.4, -0.2) is 15.0 Å². The Hall–Kier alpha value is -6.99. The van der Waals surface area contributed by atoms with Crippen LogP contribution in [0.25, 0.3) is 119 Å². The molecule has 0 fully saturated rings. The maximum Gasteiger partial charge on any atom is 0.167 e. The molecule has 0 radical (unpaired) electrons. The number of fused-ring (bicyclic) bond motifs is 9. The number of para-hydroxylation sites is 1. The van der Waals surface area contributed by atoms with Gasteiger partial charge in [0.05, 0.1) is 5.56 Å². The largest absolute Gasteiger partial charge is 0.455 e. The summed E-state index contributed by atoms with van der Waals surface area (Å²) in [6, 6.07) is 62.0. The number of nitrogens with zero attached hydrogens (tertiary/aromatic N) is 3. The van der Waals surface area contributed by atoms with E-state index in [1.807, 2.05) is 83.3 Å². The number of furan rings is 1. The molecule has 6 heteroatoms. The first-order valence-electron chi connectivity index (χ1n) is 18.9. The molecular weight excluding hydrogens is 735 g/mol. The van der Waals surface area contributed by atoms with Gasteiger partial charge in [0, 0.05) is 62.2 Å². The standard InChI is InChI=1S/C51H29N3OS2/c1-3-13-30(14-4-1)49-52-50(31-15-5-2-6-16-31)54-51(53-49)39-21-11-20-38-46-36(19-12-22-41(46)55-48(38)39)40-27-33(29-45-47(40)37-18-8-10-24-43(37)57-45)32-25-26-35-34-17-7-9-23-42(34)56-44(35)28-32/h1-29H. The molecule has 0 aliphatic carbocycles. The van der Waals surface area contributed by atoms with Crippen molar-refractivity contribution in [1.29, 1.82) is 0 Å². The minimum atomic E-state index is 0.568. The third kappa shape index (κ3) is 5.22. The third-order valence-corrected chi connectivity index (χ3v) is 13.2. The zero-order chi connectivity index (χ0) is 37.5. The third-order valence-electron chi connectivity index (χ3n) is 10.9. The Morgan fingerprint density at radius 2 is 0.912 bits per heavy atom. The normalized spacial score (nSPS) is 11.9. The summed E-state index contributed by atoms with van der Waals surface area (Å²) in [5, 5.41) is 7.23. The molecule has 0 spiro atoms. The Bertz CT molecular complexity index is 3470. The highest BCUT2D eigenvalue weighted by Gasteiger charge is 2.22. The average Bonchev–Trinajstić information content (AvgIpc) is 3.97. The number of thiophene rings is 2. The molecule has 0 amide bonds. The summed E-state index contributed by atoms with van der Waals surface area (Å²) < 4.78 is 12.0. The van der Waals surface area contributed by atoms with E-state index in [2.05, 4.69) is 115 Å². The van der Waals surface area contributed by atoms with Gasteiger partial charge in [-0.2, -0.15) is 0 Å². The highest BCUT2D eigenvalue weighted by Crippen LogP contribution is 2.47. The van der Waals surface area contributed by atoms with Crippen molar-refractivity contribution in [3.05, 3.63) is 176 Å². The summed E-state index contributed by atoms with van der Waals surface area (Å²) in [5.74, 6) is 1.80. The van der Waals surface area contributed by atoms with Gasteiger partial charge in [-0.3, -0.25) is 0 Å². The van der Waals surface area contributed by atoms with Crippen LogP contribution in [0.1, 0.15) is 0 Å². The molecule has 4 nitrogen and oxygen atoms in total. The molecule has 0 aliphatic heterocycles. The molecule has 0 bridgehead atoms. The highest BCUT2D eigenvalue weighted by molar-refractivity contribution is 7.26. The van der Waals surface area contributed by atoms with Crippen LogP contribution >= 0.6 is 22.7 Å². The lowest BCUT2D eigenvalue weighted by molar-refractivity contribution is 0.669. The first-order chi connectivity index (χ1) is 28.2. The summed E-state index contributed by atoms with van der Waals surface area (Å²) in [7, 11) is 0. The highest BCUT2D eigenvalue weighted by atomic mass is 32.1. The zero-order valence-corrected chi connectivity index (χ0v) is 31.9. The number of hydrogen-bond acceptors (Lipinski definition) is 6. The molecule has 0 aliphatic rings. The molecule has 266 valence electrons. The fraction of sp³-hybridized carbons (Fsp3) is 0. The van der Waals surface area contributed by atoms with Gasteiger partial charge in [-0.05, 0) is 64.7 Å². The van der Waals surface area contributed by atoms with Crippen molar-refractivity contribution in [2.24, 2.45) is 0 Å². The van der Waals surface area contributed by atoms with Crippen LogP contribution in [0.2, 0.25) is 0 Å². The molecule has 12 aromatic rings. The van der Waals surface area contributed by atoms with Gasteiger partial charge in [-0.25, -0.2) is 15.0 Å². The molecule has 0 saturated carbocycles. The molecule has 4 heterocycles. The monoisotopic (exact) mass is 763 g/mol. The van der Waals surface area contributed by atoms with Crippen molar-refractivity contribution in [2.75, 3.05) is 0 Å². The van der Waals surface area contributed by atoms with E-state index in [4.69, 9.17) is 19.4 Å². The minimum absolute atomic E-state index is 0.568. The number of hydrogen-bond donors (Lipinski definition) is 0. The molecule has 0 unspecified atom stereocenters. The van der Waals surface area contributed by atoms with Gasteiger partial charge in [-0.15, -0.1) is 22.7 Å². The lowest BCUT2D eigenvalue weighted by Crippen LogP contribution is -2.00. The lowest BCUT2D eigenvalue weighted by atomic mass is 9.92. The summed E-state index contributed by atoms with van der Waals surface area (Å²) in [5.41, 5.74) is 8.97. The number of aromatic nitrogens is 3. The van der Waals surface area contributed by atoms with Gasteiger partial charge in [0.25, 0.3) is 0 Å². The van der Waals surface area contributed by atoms with Crippen molar-refractivity contribution >= 4 is 85.0 Å². The fourth-order valence-corrected chi connectivity index (χ4v) is 10.6. The van der Waals surface area contributed by atoms with Crippen molar-refractivity contribution < 1.29 is 4.42 Å². The van der Waals surface area contributed by atoms with Crippen molar-refractivity contribution in [1.82, 2.24) is 15.0 Å². The van der Waals surface area contributed by atoms with E-state index < -0.39 is 0 Å². The molecule has 0 N–H and O–H groups in total. The van der Waals surface area contributed by atoms with Crippen LogP contribution < -0.4 is 0 Å². The van der Waals surface area contributed by atoms with Gasteiger partial charge in [0.15, 0.2) is 17.5 Å². The van der Waals surface area contributed by atoms with Crippen molar-refractivity contribution in [3.63, 3.8) is 0 Å². The van der Waals surface area contributed by atoms with Crippen LogP contribution in [0.4, 0.5) is 0 Å². The molecule has 0 saturated heterocycles. The van der Waals surface area contributed by atoms with Crippen LogP contribution in [-0.2, 0) is 0 Å². The smallest absolute Gasteiger partial charge is 0.167 e.